The van der Waals surface area contributed by atoms with E-state index < -0.39 is 8.24 Å². The summed E-state index contributed by atoms with van der Waals surface area (Å²) < 4.78 is 2.63. The van der Waals surface area contributed by atoms with Gasteiger partial charge >= 0.3 is 0 Å². The normalized spacial score (nSPS) is 16.4. The lowest BCUT2D eigenvalue weighted by molar-refractivity contribution is 0.693. The van der Waals surface area contributed by atoms with Crippen LogP contribution in [-0.2, 0) is 13.0 Å². The lowest BCUT2D eigenvalue weighted by Crippen LogP contribution is -2.45. The molecular weight excluding hydrogens is 260 g/mol. The predicted octanol–water partition coefficient (Wildman–Crippen LogP) is 4.14. The quantitative estimate of drug-likeness (QED) is 0.780. The summed E-state index contributed by atoms with van der Waals surface area (Å²) in [5.41, 5.74) is 4.45. The van der Waals surface area contributed by atoms with E-state index in [2.05, 4.69) is 67.8 Å². The molecule has 1 aliphatic rings. The van der Waals surface area contributed by atoms with Crippen LogP contribution in [0.15, 0.2) is 24.4 Å². The van der Waals surface area contributed by atoms with E-state index in [-0.39, 0.29) is 0 Å². The average Bonchev–Trinajstić information content (AvgIpc) is 2.60. The highest BCUT2D eigenvalue weighted by Crippen LogP contribution is 2.40. The molecule has 1 aromatic carbocycles. The minimum Gasteiger partial charge on any atom is -0.374 e. The van der Waals surface area contributed by atoms with Gasteiger partial charge in [-0.15, -0.1) is 0 Å². The summed E-state index contributed by atoms with van der Waals surface area (Å²) in [7, 11) is -1.56. The van der Waals surface area contributed by atoms with E-state index in [0.29, 0.717) is 5.04 Å². The van der Waals surface area contributed by atoms with Gasteiger partial charge in [-0.1, -0.05) is 46.0 Å². The Balaban J connectivity index is 2.29. The maximum absolute atomic E-state index is 3.56. The number of nitrogens with one attached hydrogen (secondary N) is 1. The summed E-state index contributed by atoms with van der Waals surface area (Å²) in [6.07, 6.45) is 3.58. The zero-order valence-corrected chi connectivity index (χ0v) is 14.4. The van der Waals surface area contributed by atoms with E-state index in [4.69, 9.17) is 0 Å². The van der Waals surface area contributed by atoms with Crippen molar-refractivity contribution in [1.29, 1.82) is 0 Å². The largest absolute Gasteiger partial charge is 0.374 e. The molecule has 0 unspecified atom stereocenters. The molecule has 0 spiro atoms. The smallest absolute Gasteiger partial charge is 0.161 e. The molecule has 0 saturated heterocycles. The molecule has 2 heterocycles. The molecular formula is C17H26N2Si. The van der Waals surface area contributed by atoms with Gasteiger partial charge < -0.3 is 9.55 Å². The van der Waals surface area contributed by atoms with Crippen LogP contribution >= 0.6 is 0 Å². The van der Waals surface area contributed by atoms with Gasteiger partial charge in [0.2, 0.25) is 0 Å². The van der Waals surface area contributed by atoms with E-state index in [1.54, 1.807) is 0 Å². The first-order valence-electron chi connectivity index (χ1n) is 7.65. The SMILES string of the molecule is CC(C)(C)[Si](C)(C)n1cc2c3c(cccc31)CCNC2. The Morgan fingerprint density at radius 3 is 2.60 bits per heavy atom. The highest BCUT2D eigenvalue weighted by Gasteiger charge is 2.38. The topological polar surface area (TPSA) is 17.0 Å². The van der Waals surface area contributed by atoms with Crippen molar-refractivity contribution < 1.29 is 0 Å². The fourth-order valence-corrected chi connectivity index (χ4v) is 5.05. The van der Waals surface area contributed by atoms with Crippen LogP contribution in [0.3, 0.4) is 0 Å². The third-order valence-corrected chi connectivity index (χ3v) is 10.6. The lowest BCUT2D eigenvalue weighted by Gasteiger charge is -2.38. The predicted molar refractivity (Wildman–Crippen MR) is 89.9 cm³/mol. The molecule has 2 nitrogen and oxygen atoms in total. The number of aromatic nitrogens is 1. The molecule has 1 N–H and O–H groups in total. The zero-order valence-electron chi connectivity index (χ0n) is 13.4. The van der Waals surface area contributed by atoms with Crippen molar-refractivity contribution in [3.8, 4) is 0 Å². The van der Waals surface area contributed by atoms with Gasteiger partial charge in [0, 0.05) is 23.6 Å². The van der Waals surface area contributed by atoms with Crippen LogP contribution in [0.4, 0.5) is 0 Å². The Kier molecular flexibility index (Phi) is 3.10. The summed E-state index contributed by atoms with van der Waals surface area (Å²) in [6, 6.07) is 6.85. The molecule has 20 heavy (non-hydrogen) atoms. The summed E-state index contributed by atoms with van der Waals surface area (Å²) in [6.45, 7) is 14.2. The van der Waals surface area contributed by atoms with E-state index in [1.807, 2.05) is 0 Å². The Hall–Kier alpha value is -1.06. The van der Waals surface area contributed by atoms with Crippen LogP contribution in [-0.4, -0.2) is 19.0 Å². The number of hydrogen-bond donors (Lipinski definition) is 1. The third kappa shape index (κ3) is 1.95. The number of rotatable bonds is 1. The molecule has 2 aromatic rings. The Morgan fingerprint density at radius 1 is 1.15 bits per heavy atom. The van der Waals surface area contributed by atoms with Crippen molar-refractivity contribution in [2.45, 2.75) is 51.9 Å². The number of hydrogen-bond acceptors (Lipinski definition) is 1. The van der Waals surface area contributed by atoms with Crippen molar-refractivity contribution in [2.24, 2.45) is 0 Å². The highest BCUT2D eigenvalue weighted by atomic mass is 28.3. The summed E-state index contributed by atoms with van der Waals surface area (Å²) in [4.78, 5) is 0. The second kappa shape index (κ2) is 4.47. The zero-order chi connectivity index (χ0) is 14.5. The first kappa shape index (κ1) is 13.9. The minimum atomic E-state index is -1.56. The Morgan fingerprint density at radius 2 is 1.90 bits per heavy atom. The number of nitrogens with zero attached hydrogens (tertiary/aromatic N) is 1. The van der Waals surface area contributed by atoms with Gasteiger partial charge in [-0.25, -0.2) is 0 Å². The molecule has 0 amide bonds. The van der Waals surface area contributed by atoms with Gasteiger partial charge in [0.15, 0.2) is 8.24 Å². The van der Waals surface area contributed by atoms with Crippen molar-refractivity contribution in [3.05, 3.63) is 35.5 Å². The second-order valence-electron chi connectivity index (χ2n) is 7.57. The Bertz CT molecular complexity index is 647. The maximum atomic E-state index is 3.56. The van der Waals surface area contributed by atoms with E-state index in [1.165, 1.54) is 22.0 Å². The standard InChI is InChI=1S/C17H26N2Si/c1-17(2,3)20(4,5)19-12-14-11-18-10-9-13-7-6-8-15(19)16(13)14/h6-8,12,18H,9-11H2,1-5H3. The molecule has 108 valence electrons. The van der Waals surface area contributed by atoms with Crippen LogP contribution < -0.4 is 5.32 Å². The van der Waals surface area contributed by atoms with Crippen molar-refractivity contribution >= 4 is 19.1 Å². The molecule has 0 radical (unpaired) electrons. The van der Waals surface area contributed by atoms with E-state index in [9.17, 15) is 0 Å². The molecule has 3 rings (SSSR count). The van der Waals surface area contributed by atoms with Crippen molar-refractivity contribution in [3.63, 3.8) is 0 Å². The van der Waals surface area contributed by atoms with Gasteiger partial charge in [-0.2, -0.15) is 0 Å². The minimum absolute atomic E-state index is 0.351. The number of benzene rings is 1. The lowest BCUT2D eigenvalue weighted by atomic mass is 10.1. The van der Waals surface area contributed by atoms with Crippen LogP contribution in [0.25, 0.3) is 10.9 Å². The molecule has 1 aliphatic heterocycles. The summed E-state index contributed by atoms with van der Waals surface area (Å²) >= 11 is 0. The van der Waals surface area contributed by atoms with Crippen LogP contribution in [0.1, 0.15) is 31.9 Å². The second-order valence-corrected chi connectivity index (χ2v) is 12.7. The highest BCUT2D eigenvalue weighted by molar-refractivity contribution is 6.79. The van der Waals surface area contributed by atoms with Crippen LogP contribution in [0.5, 0.6) is 0 Å². The van der Waals surface area contributed by atoms with Gasteiger partial charge in [0.05, 0.1) is 0 Å². The molecule has 0 fully saturated rings. The van der Waals surface area contributed by atoms with Gasteiger partial charge in [0.1, 0.15) is 0 Å². The van der Waals surface area contributed by atoms with Crippen molar-refractivity contribution in [2.75, 3.05) is 6.54 Å². The molecule has 3 heteroatoms. The summed E-state index contributed by atoms with van der Waals surface area (Å²) in [5, 5.41) is 5.43. The van der Waals surface area contributed by atoms with Gasteiger partial charge in [-0.05, 0) is 35.2 Å². The van der Waals surface area contributed by atoms with Gasteiger partial charge in [-0.3, -0.25) is 0 Å². The summed E-state index contributed by atoms with van der Waals surface area (Å²) in [5.74, 6) is 0. The van der Waals surface area contributed by atoms with Crippen LogP contribution in [0.2, 0.25) is 18.1 Å². The molecule has 1 aromatic heterocycles. The van der Waals surface area contributed by atoms with Gasteiger partial charge in [0.25, 0.3) is 0 Å². The fraction of sp³-hybridized carbons (Fsp3) is 0.529. The molecule has 0 saturated carbocycles. The van der Waals surface area contributed by atoms with Crippen molar-refractivity contribution in [1.82, 2.24) is 9.55 Å². The first-order valence-corrected chi connectivity index (χ1v) is 10.6. The van der Waals surface area contributed by atoms with Crippen LogP contribution in [0, 0.1) is 0 Å². The maximum Gasteiger partial charge on any atom is 0.161 e. The average molecular weight is 286 g/mol. The molecule has 0 bridgehead atoms. The van der Waals surface area contributed by atoms with E-state index in [0.717, 1.165) is 19.5 Å². The molecule has 0 aliphatic carbocycles. The monoisotopic (exact) mass is 286 g/mol. The van der Waals surface area contributed by atoms with E-state index >= 15 is 0 Å². The molecule has 0 atom stereocenters. The first-order chi connectivity index (χ1) is 9.32. The Labute approximate surface area is 123 Å². The third-order valence-electron chi connectivity index (χ3n) is 5.32. The fourth-order valence-electron chi connectivity index (χ4n) is 3.06.